The summed E-state index contributed by atoms with van der Waals surface area (Å²) >= 11 is 10.7. The molecule has 1 rings (SSSR count). The van der Waals surface area contributed by atoms with Crippen molar-refractivity contribution in [3.8, 4) is 0 Å². The summed E-state index contributed by atoms with van der Waals surface area (Å²) in [6.07, 6.45) is 3.32. The maximum Gasteiger partial charge on any atom is 0.148 e. The van der Waals surface area contributed by atoms with Crippen LogP contribution in [0, 0.1) is 0 Å². The molecule has 0 spiro atoms. The molecule has 1 unspecified atom stereocenters. The van der Waals surface area contributed by atoms with Crippen LogP contribution in [0.3, 0.4) is 0 Å². The maximum atomic E-state index is 9.96. The first-order valence-electron chi connectivity index (χ1n) is 4.57. The van der Waals surface area contributed by atoms with E-state index in [2.05, 4.69) is 31.2 Å². The lowest BCUT2D eigenvalue weighted by Crippen LogP contribution is -2.36. The lowest BCUT2D eigenvalue weighted by molar-refractivity contribution is 0.0996. The SMILES string of the molecule is CSCC(C)(O)CNc1ncnc(Cl)c1Br. The standard InChI is InChI=1S/C9H13BrClN3OS/c1-9(15,4-16-2)3-12-8-6(10)7(11)13-5-14-8/h5,15H,3-4H2,1-2H3,(H,12,13,14). The van der Waals surface area contributed by atoms with E-state index in [9.17, 15) is 5.11 Å². The van der Waals surface area contributed by atoms with Gasteiger partial charge in [-0.25, -0.2) is 9.97 Å². The summed E-state index contributed by atoms with van der Waals surface area (Å²) < 4.78 is 0.608. The molecular formula is C9H13BrClN3OS. The molecule has 0 saturated heterocycles. The molecule has 4 nitrogen and oxygen atoms in total. The fraction of sp³-hybridized carbons (Fsp3) is 0.556. The van der Waals surface area contributed by atoms with Crippen LogP contribution in [0.4, 0.5) is 5.82 Å². The van der Waals surface area contributed by atoms with E-state index in [1.54, 1.807) is 18.7 Å². The summed E-state index contributed by atoms with van der Waals surface area (Å²) in [5.41, 5.74) is -0.781. The summed E-state index contributed by atoms with van der Waals surface area (Å²) in [7, 11) is 0. The van der Waals surface area contributed by atoms with Crippen LogP contribution in [0.25, 0.3) is 0 Å². The summed E-state index contributed by atoms with van der Waals surface area (Å²) in [4.78, 5) is 7.85. The Morgan fingerprint density at radius 1 is 1.62 bits per heavy atom. The van der Waals surface area contributed by atoms with Crippen molar-refractivity contribution < 1.29 is 5.11 Å². The molecule has 2 N–H and O–H groups in total. The molecule has 0 amide bonds. The largest absolute Gasteiger partial charge is 0.387 e. The number of halogens is 2. The minimum atomic E-state index is -0.781. The summed E-state index contributed by atoms with van der Waals surface area (Å²) in [5, 5.41) is 13.3. The number of rotatable bonds is 5. The van der Waals surface area contributed by atoms with Crippen LogP contribution in [-0.4, -0.2) is 39.2 Å². The molecule has 1 aromatic rings. The molecule has 0 aliphatic carbocycles. The molecule has 1 aromatic heterocycles. The molecule has 0 aliphatic rings. The molecule has 0 saturated carbocycles. The Balaban J connectivity index is 2.64. The molecule has 0 aromatic carbocycles. The number of nitrogens with one attached hydrogen (secondary N) is 1. The van der Waals surface area contributed by atoms with Gasteiger partial charge in [-0.3, -0.25) is 0 Å². The Bertz CT molecular complexity index is 365. The highest BCUT2D eigenvalue weighted by Crippen LogP contribution is 2.26. The van der Waals surface area contributed by atoms with Crippen LogP contribution in [0.5, 0.6) is 0 Å². The van der Waals surface area contributed by atoms with Gasteiger partial charge in [0.2, 0.25) is 0 Å². The number of aliphatic hydroxyl groups is 1. The van der Waals surface area contributed by atoms with Gasteiger partial charge in [-0.15, -0.1) is 0 Å². The summed E-state index contributed by atoms with van der Waals surface area (Å²) in [6.45, 7) is 2.17. The number of nitrogens with zero attached hydrogens (tertiary/aromatic N) is 2. The van der Waals surface area contributed by atoms with Crippen molar-refractivity contribution in [3.63, 3.8) is 0 Å². The highest BCUT2D eigenvalue weighted by Gasteiger charge is 2.20. The number of hydrogen-bond acceptors (Lipinski definition) is 5. The zero-order valence-electron chi connectivity index (χ0n) is 9.00. The topological polar surface area (TPSA) is 58.0 Å². The van der Waals surface area contributed by atoms with Gasteiger partial charge in [-0.2, -0.15) is 11.8 Å². The number of thioether (sulfide) groups is 1. The molecule has 16 heavy (non-hydrogen) atoms. The third-order valence-electron chi connectivity index (χ3n) is 1.84. The van der Waals surface area contributed by atoms with Crippen molar-refractivity contribution in [1.82, 2.24) is 9.97 Å². The quantitative estimate of drug-likeness (QED) is 0.814. The zero-order valence-corrected chi connectivity index (χ0v) is 12.2. The van der Waals surface area contributed by atoms with Gasteiger partial charge in [0.15, 0.2) is 0 Å². The average Bonchev–Trinajstić information content (AvgIpc) is 2.20. The molecule has 0 radical (unpaired) electrons. The number of aromatic nitrogens is 2. The highest BCUT2D eigenvalue weighted by atomic mass is 79.9. The third-order valence-corrected chi connectivity index (χ3v) is 4.02. The Morgan fingerprint density at radius 3 is 2.94 bits per heavy atom. The van der Waals surface area contributed by atoms with Gasteiger partial charge < -0.3 is 10.4 Å². The number of hydrogen-bond donors (Lipinski definition) is 2. The van der Waals surface area contributed by atoms with Gasteiger partial charge >= 0.3 is 0 Å². The van der Waals surface area contributed by atoms with E-state index in [4.69, 9.17) is 11.6 Å². The minimum absolute atomic E-state index is 0.349. The summed E-state index contributed by atoms with van der Waals surface area (Å²) in [5.74, 6) is 1.23. The molecule has 0 bridgehead atoms. The van der Waals surface area contributed by atoms with E-state index in [0.29, 0.717) is 27.7 Å². The van der Waals surface area contributed by atoms with E-state index in [-0.39, 0.29) is 0 Å². The van der Waals surface area contributed by atoms with Crippen LogP contribution in [0.15, 0.2) is 10.8 Å². The van der Waals surface area contributed by atoms with Gasteiger partial charge in [-0.05, 0) is 29.1 Å². The second kappa shape index (κ2) is 6.05. The average molecular weight is 327 g/mol. The van der Waals surface area contributed by atoms with Crippen molar-refractivity contribution in [2.75, 3.05) is 23.9 Å². The van der Waals surface area contributed by atoms with Crippen molar-refractivity contribution in [1.29, 1.82) is 0 Å². The normalized spacial score (nSPS) is 14.6. The first kappa shape index (κ1) is 14.0. The third kappa shape index (κ3) is 4.08. The Morgan fingerprint density at radius 2 is 2.31 bits per heavy atom. The van der Waals surface area contributed by atoms with Crippen LogP contribution >= 0.6 is 39.3 Å². The predicted octanol–water partition coefficient (Wildman–Crippen LogP) is 2.42. The van der Waals surface area contributed by atoms with Crippen LogP contribution in [0.1, 0.15) is 6.92 Å². The second-order valence-electron chi connectivity index (χ2n) is 3.61. The Hall–Kier alpha value is -0.0400. The molecule has 0 aliphatic heterocycles. The number of anilines is 1. The summed E-state index contributed by atoms with van der Waals surface area (Å²) in [6, 6.07) is 0. The fourth-order valence-corrected chi connectivity index (χ4v) is 2.31. The molecule has 90 valence electrons. The van der Waals surface area contributed by atoms with E-state index < -0.39 is 5.60 Å². The lowest BCUT2D eigenvalue weighted by Gasteiger charge is -2.23. The van der Waals surface area contributed by atoms with Gasteiger partial charge in [-0.1, -0.05) is 11.6 Å². The molecule has 7 heteroatoms. The van der Waals surface area contributed by atoms with Gasteiger partial charge in [0.1, 0.15) is 17.3 Å². The highest BCUT2D eigenvalue weighted by molar-refractivity contribution is 9.10. The van der Waals surface area contributed by atoms with Crippen molar-refractivity contribution in [2.24, 2.45) is 0 Å². The molecule has 1 atom stereocenters. The zero-order chi connectivity index (χ0) is 12.2. The van der Waals surface area contributed by atoms with E-state index >= 15 is 0 Å². The van der Waals surface area contributed by atoms with E-state index in [1.165, 1.54) is 6.33 Å². The van der Waals surface area contributed by atoms with Crippen molar-refractivity contribution in [2.45, 2.75) is 12.5 Å². The molecule has 0 fully saturated rings. The second-order valence-corrected chi connectivity index (χ2v) is 5.63. The van der Waals surface area contributed by atoms with E-state index in [1.807, 2.05) is 6.26 Å². The first-order valence-corrected chi connectivity index (χ1v) is 7.14. The molecular weight excluding hydrogens is 314 g/mol. The minimum Gasteiger partial charge on any atom is -0.387 e. The van der Waals surface area contributed by atoms with Gasteiger partial charge in [0, 0.05) is 12.3 Å². The predicted molar refractivity (Wildman–Crippen MR) is 72.2 cm³/mol. The van der Waals surface area contributed by atoms with E-state index in [0.717, 1.165) is 0 Å². The monoisotopic (exact) mass is 325 g/mol. The van der Waals surface area contributed by atoms with Crippen molar-refractivity contribution in [3.05, 3.63) is 16.0 Å². The first-order chi connectivity index (χ1) is 7.46. The molecule has 1 heterocycles. The smallest absolute Gasteiger partial charge is 0.148 e. The lowest BCUT2D eigenvalue weighted by atomic mass is 10.1. The van der Waals surface area contributed by atoms with Crippen LogP contribution in [0.2, 0.25) is 5.15 Å². The van der Waals surface area contributed by atoms with Crippen LogP contribution in [-0.2, 0) is 0 Å². The van der Waals surface area contributed by atoms with Crippen LogP contribution < -0.4 is 5.32 Å². The Labute approximate surface area is 112 Å². The van der Waals surface area contributed by atoms with Gasteiger partial charge in [0.05, 0.1) is 10.1 Å². The maximum absolute atomic E-state index is 9.96. The van der Waals surface area contributed by atoms with Crippen molar-refractivity contribution >= 4 is 45.1 Å². The Kier molecular flexibility index (Phi) is 5.30. The van der Waals surface area contributed by atoms with Gasteiger partial charge in [0.25, 0.3) is 0 Å². The fourth-order valence-electron chi connectivity index (χ4n) is 1.11.